The molecular weight excluding hydrogens is 366 g/mol. The number of ether oxygens (including phenoxy) is 3. The predicted molar refractivity (Wildman–Crippen MR) is 106 cm³/mol. The number of hydrogen-bond acceptors (Lipinski definition) is 5. The van der Waals surface area contributed by atoms with E-state index >= 15 is 0 Å². The van der Waals surface area contributed by atoms with Crippen LogP contribution >= 0.6 is 11.6 Å². The lowest BCUT2D eigenvalue weighted by molar-refractivity contribution is -0.126. The number of nitrogens with one attached hydrogen (secondary N) is 1. The van der Waals surface area contributed by atoms with Crippen molar-refractivity contribution in [3.63, 3.8) is 0 Å². The average Bonchev–Trinajstić information content (AvgIpc) is 2.72. The van der Waals surface area contributed by atoms with Crippen LogP contribution in [-0.4, -0.2) is 45.8 Å². The van der Waals surface area contributed by atoms with Gasteiger partial charge in [-0.2, -0.15) is 0 Å². The van der Waals surface area contributed by atoms with Gasteiger partial charge in [-0.15, -0.1) is 0 Å². The molecule has 27 heavy (non-hydrogen) atoms. The molecule has 1 saturated heterocycles. The highest BCUT2D eigenvalue weighted by Crippen LogP contribution is 2.33. The normalized spacial score (nSPS) is 17.4. The van der Waals surface area contributed by atoms with Crippen molar-refractivity contribution in [2.45, 2.75) is 6.10 Å². The Hall–Kier alpha value is -2.34. The fourth-order valence-corrected chi connectivity index (χ4v) is 3.08. The van der Waals surface area contributed by atoms with Crippen LogP contribution in [-0.2, 0) is 9.53 Å². The van der Waals surface area contributed by atoms with E-state index in [1.807, 2.05) is 30.3 Å². The number of rotatable bonds is 6. The standard InChI is InChI=1S/C21H22ClNO4/c1-25-19-8-5-15(11-20(19)26-2)17(14-3-6-16(22)7-4-14)12-18(24)21-13-23-9-10-27-21/h3-8,11-12,21,23H,9-10,13H2,1-2H3/b17-12-. The highest BCUT2D eigenvalue weighted by Gasteiger charge is 2.21. The molecule has 6 heteroatoms. The molecule has 2 aromatic carbocycles. The summed E-state index contributed by atoms with van der Waals surface area (Å²) < 4.78 is 16.3. The first-order chi connectivity index (χ1) is 13.1. The number of carbonyl (C=O) groups excluding carboxylic acids is 1. The molecule has 1 aliphatic rings. The topological polar surface area (TPSA) is 56.8 Å². The molecule has 142 valence electrons. The quantitative estimate of drug-likeness (QED) is 0.770. The van der Waals surface area contributed by atoms with Gasteiger partial charge in [0.1, 0.15) is 6.10 Å². The Morgan fingerprint density at radius 3 is 2.44 bits per heavy atom. The zero-order valence-corrected chi connectivity index (χ0v) is 16.1. The lowest BCUT2D eigenvalue weighted by atomic mass is 9.95. The third-order valence-corrected chi connectivity index (χ3v) is 4.63. The van der Waals surface area contributed by atoms with E-state index in [1.54, 1.807) is 32.4 Å². The molecule has 1 fully saturated rings. The van der Waals surface area contributed by atoms with Gasteiger partial charge in [-0.25, -0.2) is 0 Å². The van der Waals surface area contributed by atoms with Gasteiger partial charge in [0.25, 0.3) is 0 Å². The molecular formula is C21H22ClNO4. The fourth-order valence-electron chi connectivity index (χ4n) is 2.95. The Morgan fingerprint density at radius 2 is 1.81 bits per heavy atom. The van der Waals surface area contributed by atoms with E-state index in [1.165, 1.54) is 0 Å². The van der Waals surface area contributed by atoms with E-state index in [0.29, 0.717) is 29.7 Å². The van der Waals surface area contributed by atoms with E-state index in [0.717, 1.165) is 23.2 Å². The van der Waals surface area contributed by atoms with Crippen LogP contribution in [0.5, 0.6) is 11.5 Å². The van der Waals surface area contributed by atoms with Gasteiger partial charge in [0.15, 0.2) is 17.3 Å². The van der Waals surface area contributed by atoms with Crippen LogP contribution in [0.2, 0.25) is 5.02 Å². The van der Waals surface area contributed by atoms with Gasteiger partial charge in [-0.3, -0.25) is 4.79 Å². The molecule has 0 bridgehead atoms. The van der Waals surface area contributed by atoms with Gasteiger partial charge in [-0.05, 0) is 47.0 Å². The van der Waals surface area contributed by atoms with Crippen LogP contribution in [0.1, 0.15) is 11.1 Å². The van der Waals surface area contributed by atoms with Gasteiger partial charge in [0, 0.05) is 18.1 Å². The van der Waals surface area contributed by atoms with E-state index in [2.05, 4.69) is 5.32 Å². The maximum atomic E-state index is 12.8. The summed E-state index contributed by atoms with van der Waals surface area (Å²) in [7, 11) is 3.17. The monoisotopic (exact) mass is 387 g/mol. The second kappa shape index (κ2) is 9.04. The van der Waals surface area contributed by atoms with Crippen LogP contribution in [0.3, 0.4) is 0 Å². The minimum absolute atomic E-state index is 0.0815. The summed E-state index contributed by atoms with van der Waals surface area (Å²) in [4.78, 5) is 12.8. The van der Waals surface area contributed by atoms with Crippen molar-refractivity contribution >= 4 is 23.0 Å². The number of methoxy groups -OCH3 is 2. The van der Waals surface area contributed by atoms with Gasteiger partial charge in [0.2, 0.25) is 0 Å². The van der Waals surface area contributed by atoms with Gasteiger partial charge < -0.3 is 19.5 Å². The summed E-state index contributed by atoms with van der Waals surface area (Å²) in [5.74, 6) is 1.14. The zero-order chi connectivity index (χ0) is 19.2. The third kappa shape index (κ3) is 4.69. The smallest absolute Gasteiger partial charge is 0.186 e. The molecule has 0 spiro atoms. The summed E-state index contributed by atoms with van der Waals surface area (Å²) in [6, 6.07) is 12.9. The molecule has 5 nitrogen and oxygen atoms in total. The summed E-state index contributed by atoms with van der Waals surface area (Å²) in [6.45, 7) is 1.79. The largest absolute Gasteiger partial charge is 0.493 e. The molecule has 0 aromatic heterocycles. The zero-order valence-electron chi connectivity index (χ0n) is 15.3. The molecule has 0 aliphatic carbocycles. The van der Waals surface area contributed by atoms with Gasteiger partial charge in [-0.1, -0.05) is 29.8 Å². The molecule has 0 saturated carbocycles. The van der Waals surface area contributed by atoms with Gasteiger partial charge >= 0.3 is 0 Å². The van der Waals surface area contributed by atoms with Crippen molar-refractivity contribution in [1.82, 2.24) is 5.32 Å². The number of hydrogen-bond donors (Lipinski definition) is 1. The molecule has 2 aromatic rings. The van der Waals surface area contributed by atoms with Crippen molar-refractivity contribution in [2.24, 2.45) is 0 Å². The highest BCUT2D eigenvalue weighted by molar-refractivity contribution is 6.30. The molecule has 0 radical (unpaired) electrons. The number of morpholine rings is 1. The molecule has 1 unspecified atom stereocenters. The third-order valence-electron chi connectivity index (χ3n) is 4.38. The van der Waals surface area contributed by atoms with Crippen LogP contribution in [0, 0.1) is 0 Å². The minimum atomic E-state index is -0.485. The molecule has 3 rings (SSSR count). The number of ketones is 1. The number of benzene rings is 2. The van der Waals surface area contributed by atoms with Crippen molar-refractivity contribution in [3.8, 4) is 11.5 Å². The first-order valence-electron chi connectivity index (χ1n) is 8.68. The Labute approximate surface area is 163 Å². The number of carbonyl (C=O) groups is 1. The van der Waals surface area contributed by atoms with E-state index in [4.69, 9.17) is 25.8 Å². The van der Waals surface area contributed by atoms with Crippen molar-refractivity contribution < 1.29 is 19.0 Å². The highest BCUT2D eigenvalue weighted by atomic mass is 35.5. The Kier molecular flexibility index (Phi) is 6.50. The van der Waals surface area contributed by atoms with E-state index < -0.39 is 6.10 Å². The maximum Gasteiger partial charge on any atom is 0.186 e. The van der Waals surface area contributed by atoms with Crippen molar-refractivity contribution in [3.05, 3.63) is 64.7 Å². The van der Waals surface area contributed by atoms with Crippen LogP contribution in [0.25, 0.3) is 5.57 Å². The fraction of sp³-hybridized carbons (Fsp3) is 0.286. The van der Waals surface area contributed by atoms with Crippen LogP contribution in [0.15, 0.2) is 48.5 Å². The summed E-state index contributed by atoms with van der Waals surface area (Å²) in [6.07, 6.45) is 1.14. The van der Waals surface area contributed by atoms with E-state index in [9.17, 15) is 4.79 Å². The first-order valence-corrected chi connectivity index (χ1v) is 9.06. The molecule has 1 heterocycles. The average molecular weight is 388 g/mol. The Morgan fingerprint density at radius 1 is 1.11 bits per heavy atom. The minimum Gasteiger partial charge on any atom is -0.493 e. The first kappa shape index (κ1) is 19.4. The van der Waals surface area contributed by atoms with Crippen molar-refractivity contribution in [1.29, 1.82) is 0 Å². The van der Waals surface area contributed by atoms with E-state index in [-0.39, 0.29) is 5.78 Å². The second-order valence-corrected chi connectivity index (χ2v) is 6.54. The van der Waals surface area contributed by atoms with Crippen LogP contribution < -0.4 is 14.8 Å². The maximum absolute atomic E-state index is 12.8. The van der Waals surface area contributed by atoms with Crippen LogP contribution in [0.4, 0.5) is 0 Å². The Bertz CT molecular complexity index is 827. The second-order valence-electron chi connectivity index (χ2n) is 6.10. The lowest BCUT2D eigenvalue weighted by Gasteiger charge is -2.22. The molecule has 0 amide bonds. The molecule has 1 aliphatic heterocycles. The van der Waals surface area contributed by atoms with Gasteiger partial charge in [0.05, 0.1) is 20.8 Å². The molecule has 1 N–H and O–H groups in total. The number of halogens is 1. The van der Waals surface area contributed by atoms with Crippen molar-refractivity contribution in [2.75, 3.05) is 33.9 Å². The summed E-state index contributed by atoms with van der Waals surface area (Å²) in [5, 5.41) is 3.82. The lowest BCUT2D eigenvalue weighted by Crippen LogP contribution is -2.42. The predicted octanol–water partition coefficient (Wildman–Crippen LogP) is 3.35. The molecule has 1 atom stereocenters. The Balaban J connectivity index is 2.03. The summed E-state index contributed by atoms with van der Waals surface area (Å²) >= 11 is 6.03. The summed E-state index contributed by atoms with van der Waals surface area (Å²) in [5.41, 5.74) is 2.49. The SMILES string of the molecule is COc1ccc(/C(=C\C(=O)C2CNCCO2)c2ccc(Cl)cc2)cc1OC.